The molecule has 1 aromatic rings. The second-order valence-corrected chi connectivity index (χ2v) is 4.63. The Hall–Kier alpha value is -0.670. The first-order valence-electron chi connectivity index (χ1n) is 5.54. The van der Waals surface area contributed by atoms with E-state index >= 15 is 0 Å². The Bertz CT molecular complexity index is 377. The van der Waals surface area contributed by atoms with Gasteiger partial charge in [-0.2, -0.15) is 12.6 Å². The van der Waals surface area contributed by atoms with Gasteiger partial charge in [0, 0.05) is 6.04 Å². The third kappa shape index (κ3) is 2.53. The summed E-state index contributed by atoms with van der Waals surface area (Å²) in [6, 6.07) is 2.20. The van der Waals surface area contributed by atoms with Crippen molar-refractivity contribution in [3.8, 4) is 5.75 Å². The molecule has 0 aliphatic rings. The van der Waals surface area contributed by atoms with Gasteiger partial charge in [-0.3, -0.25) is 0 Å². The van der Waals surface area contributed by atoms with Gasteiger partial charge in [0.1, 0.15) is 5.75 Å². The van der Waals surface area contributed by atoms with Gasteiger partial charge < -0.3 is 10.5 Å². The Morgan fingerprint density at radius 3 is 2.44 bits per heavy atom. The number of hydrogen-bond donors (Lipinski definition) is 2. The van der Waals surface area contributed by atoms with E-state index < -0.39 is 0 Å². The predicted octanol–water partition coefficient (Wildman–Crippen LogP) is 2.94. The zero-order valence-corrected chi connectivity index (χ0v) is 11.4. The molecule has 0 bridgehead atoms. The summed E-state index contributed by atoms with van der Waals surface area (Å²) in [4.78, 5) is 0. The minimum absolute atomic E-state index is 0.0702. The van der Waals surface area contributed by atoms with Gasteiger partial charge >= 0.3 is 0 Å². The van der Waals surface area contributed by atoms with Crippen molar-refractivity contribution in [3.05, 3.63) is 28.3 Å². The molecule has 0 saturated heterocycles. The molecular formula is C13H21NOS. The molecule has 3 heteroatoms. The van der Waals surface area contributed by atoms with Gasteiger partial charge in [-0.1, -0.05) is 6.07 Å². The number of ether oxygens (including phenoxy) is 1. The van der Waals surface area contributed by atoms with Crippen LogP contribution in [0.3, 0.4) is 0 Å². The zero-order valence-electron chi connectivity index (χ0n) is 10.5. The SMILES string of the molecule is COc1c(C)cc(C(N)CCS)c(C)c1C. The van der Waals surface area contributed by atoms with Crippen molar-refractivity contribution < 1.29 is 4.74 Å². The molecule has 0 spiro atoms. The molecule has 0 aliphatic heterocycles. The highest BCUT2D eigenvalue weighted by molar-refractivity contribution is 7.80. The second kappa shape index (κ2) is 5.60. The van der Waals surface area contributed by atoms with Crippen LogP contribution in [0.1, 0.15) is 34.7 Å². The van der Waals surface area contributed by atoms with Crippen molar-refractivity contribution in [2.45, 2.75) is 33.2 Å². The molecule has 0 heterocycles. The topological polar surface area (TPSA) is 35.2 Å². The maximum Gasteiger partial charge on any atom is 0.124 e. The van der Waals surface area contributed by atoms with Crippen LogP contribution < -0.4 is 10.5 Å². The van der Waals surface area contributed by atoms with Crippen molar-refractivity contribution in [1.82, 2.24) is 0 Å². The molecule has 0 radical (unpaired) electrons. The van der Waals surface area contributed by atoms with Crippen LogP contribution in [0.4, 0.5) is 0 Å². The van der Waals surface area contributed by atoms with E-state index in [-0.39, 0.29) is 6.04 Å². The zero-order chi connectivity index (χ0) is 12.3. The second-order valence-electron chi connectivity index (χ2n) is 4.18. The monoisotopic (exact) mass is 239 g/mol. The average Bonchev–Trinajstić information content (AvgIpc) is 2.24. The Morgan fingerprint density at radius 1 is 1.31 bits per heavy atom. The van der Waals surface area contributed by atoms with Gasteiger partial charge in [0.25, 0.3) is 0 Å². The van der Waals surface area contributed by atoms with Crippen LogP contribution in [-0.2, 0) is 0 Å². The summed E-state index contributed by atoms with van der Waals surface area (Å²) in [5.41, 5.74) is 10.9. The minimum atomic E-state index is 0.0702. The lowest BCUT2D eigenvalue weighted by molar-refractivity contribution is 0.407. The Morgan fingerprint density at radius 2 is 1.94 bits per heavy atom. The number of methoxy groups -OCH3 is 1. The molecule has 1 unspecified atom stereocenters. The number of thiol groups is 1. The molecule has 16 heavy (non-hydrogen) atoms. The summed E-state index contributed by atoms with van der Waals surface area (Å²) in [7, 11) is 1.71. The molecule has 0 aromatic heterocycles. The summed E-state index contributed by atoms with van der Waals surface area (Å²) in [5.74, 6) is 1.78. The van der Waals surface area contributed by atoms with Crippen LogP contribution in [0.5, 0.6) is 5.75 Å². The quantitative estimate of drug-likeness (QED) is 0.792. The van der Waals surface area contributed by atoms with E-state index in [4.69, 9.17) is 10.5 Å². The molecule has 0 amide bonds. The Balaban J connectivity index is 3.22. The van der Waals surface area contributed by atoms with Crippen molar-refractivity contribution in [1.29, 1.82) is 0 Å². The minimum Gasteiger partial charge on any atom is -0.496 e. The predicted molar refractivity (Wildman–Crippen MR) is 72.6 cm³/mol. The molecule has 1 atom stereocenters. The van der Waals surface area contributed by atoms with Crippen molar-refractivity contribution in [3.63, 3.8) is 0 Å². The lowest BCUT2D eigenvalue weighted by atomic mass is 9.93. The average molecular weight is 239 g/mol. The normalized spacial score (nSPS) is 12.6. The molecular weight excluding hydrogens is 218 g/mol. The number of rotatable bonds is 4. The van der Waals surface area contributed by atoms with Crippen molar-refractivity contribution in [2.24, 2.45) is 5.73 Å². The van der Waals surface area contributed by atoms with Crippen LogP contribution in [0.2, 0.25) is 0 Å². The lowest BCUT2D eigenvalue weighted by Gasteiger charge is -2.19. The number of aryl methyl sites for hydroxylation is 1. The summed E-state index contributed by atoms with van der Waals surface area (Å²) in [6.45, 7) is 6.24. The molecule has 0 aliphatic carbocycles. The molecule has 2 nitrogen and oxygen atoms in total. The Labute approximate surface area is 104 Å². The summed E-state index contributed by atoms with van der Waals surface area (Å²) in [6.07, 6.45) is 0.898. The van der Waals surface area contributed by atoms with Crippen LogP contribution in [0.25, 0.3) is 0 Å². The first-order valence-corrected chi connectivity index (χ1v) is 6.17. The van der Waals surface area contributed by atoms with Gasteiger partial charge in [-0.05, 0) is 55.2 Å². The van der Waals surface area contributed by atoms with Gasteiger partial charge in [0.15, 0.2) is 0 Å². The third-order valence-corrected chi connectivity index (χ3v) is 3.37. The largest absolute Gasteiger partial charge is 0.496 e. The van der Waals surface area contributed by atoms with E-state index in [9.17, 15) is 0 Å². The highest BCUT2D eigenvalue weighted by Crippen LogP contribution is 2.31. The van der Waals surface area contributed by atoms with Crippen molar-refractivity contribution in [2.75, 3.05) is 12.9 Å². The molecule has 1 rings (SSSR count). The number of nitrogens with two attached hydrogens (primary N) is 1. The fourth-order valence-electron chi connectivity index (χ4n) is 2.08. The maximum atomic E-state index is 6.15. The smallest absolute Gasteiger partial charge is 0.124 e. The summed E-state index contributed by atoms with van der Waals surface area (Å²) >= 11 is 4.23. The van der Waals surface area contributed by atoms with E-state index in [0.717, 1.165) is 23.5 Å². The standard InChI is InChI=1S/C13H21NOS/c1-8-7-11(12(14)5-6-16)9(2)10(3)13(8)15-4/h7,12,16H,5-6,14H2,1-4H3. The van der Waals surface area contributed by atoms with E-state index in [1.165, 1.54) is 16.7 Å². The molecule has 2 N–H and O–H groups in total. The number of benzene rings is 1. The van der Waals surface area contributed by atoms with E-state index in [1.807, 2.05) is 0 Å². The highest BCUT2D eigenvalue weighted by atomic mass is 32.1. The van der Waals surface area contributed by atoms with E-state index in [2.05, 4.69) is 39.5 Å². The Kier molecular flexibility index (Phi) is 4.69. The van der Waals surface area contributed by atoms with Gasteiger partial charge in [0.05, 0.1) is 7.11 Å². The first-order chi connectivity index (χ1) is 7.52. The lowest BCUT2D eigenvalue weighted by Crippen LogP contribution is -2.13. The first kappa shape index (κ1) is 13.4. The van der Waals surface area contributed by atoms with Gasteiger partial charge in [-0.15, -0.1) is 0 Å². The van der Waals surface area contributed by atoms with Crippen LogP contribution in [-0.4, -0.2) is 12.9 Å². The molecule has 0 fully saturated rings. The summed E-state index contributed by atoms with van der Waals surface area (Å²) in [5, 5.41) is 0. The van der Waals surface area contributed by atoms with Crippen LogP contribution >= 0.6 is 12.6 Å². The van der Waals surface area contributed by atoms with E-state index in [0.29, 0.717) is 0 Å². The summed E-state index contributed by atoms with van der Waals surface area (Å²) < 4.78 is 5.40. The van der Waals surface area contributed by atoms with Crippen LogP contribution in [0.15, 0.2) is 6.07 Å². The fourth-order valence-corrected chi connectivity index (χ4v) is 2.36. The van der Waals surface area contributed by atoms with E-state index in [1.54, 1.807) is 7.11 Å². The highest BCUT2D eigenvalue weighted by Gasteiger charge is 2.14. The third-order valence-electron chi connectivity index (χ3n) is 3.11. The van der Waals surface area contributed by atoms with Gasteiger partial charge in [0.2, 0.25) is 0 Å². The molecule has 0 saturated carbocycles. The van der Waals surface area contributed by atoms with Crippen LogP contribution in [0, 0.1) is 20.8 Å². The number of hydrogen-bond acceptors (Lipinski definition) is 3. The molecule has 1 aromatic carbocycles. The van der Waals surface area contributed by atoms with Crippen molar-refractivity contribution >= 4 is 12.6 Å². The maximum absolute atomic E-state index is 6.15. The fraction of sp³-hybridized carbons (Fsp3) is 0.538. The van der Waals surface area contributed by atoms with Gasteiger partial charge in [-0.25, -0.2) is 0 Å². The molecule has 90 valence electrons.